The van der Waals surface area contributed by atoms with Crippen molar-refractivity contribution in [3.8, 4) is 0 Å². The molecule has 1 aliphatic carbocycles. The summed E-state index contributed by atoms with van der Waals surface area (Å²) in [6.45, 7) is 6.27. The van der Waals surface area contributed by atoms with E-state index in [9.17, 15) is 4.79 Å². The Kier molecular flexibility index (Phi) is 3.10. The van der Waals surface area contributed by atoms with E-state index in [4.69, 9.17) is 10.5 Å². The fourth-order valence-electron chi connectivity index (χ4n) is 3.03. The summed E-state index contributed by atoms with van der Waals surface area (Å²) in [6, 6.07) is 0.171. The lowest BCUT2D eigenvalue weighted by Crippen LogP contribution is -2.57. The lowest BCUT2D eigenvalue weighted by atomic mass is 9.75. The quantitative estimate of drug-likeness (QED) is 0.765. The molecule has 2 fully saturated rings. The first-order valence-corrected chi connectivity index (χ1v) is 6.60. The Morgan fingerprint density at radius 3 is 2.47 bits per heavy atom. The van der Waals surface area contributed by atoms with E-state index in [1.807, 2.05) is 25.7 Å². The van der Waals surface area contributed by atoms with Crippen LogP contribution in [0.1, 0.15) is 52.9 Å². The minimum absolute atomic E-state index is 0.0758. The molecule has 2 aliphatic rings. The summed E-state index contributed by atoms with van der Waals surface area (Å²) in [4.78, 5) is 14.2. The number of hydrogen-bond acceptors (Lipinski definition) is 3. The molecule has 1 saturated heterocycles. The summed E-state index contributed by atoms with van der Waals surface area (Å²) < 4.78 is 5.52. The molecule has 0 radical (unpaired) electrons. The smallest absolute Gasteiger partial charge is 0.411 e. The monoisotopic (exact) mass is 240 g/mol. The van der Waals surface area contributed by atoms with Gasteiger partial charge in [-0.25, -0.2) is 4.79 Å². The zero-order chi connectivity index (χ0) is 12.7. The van der Waals surface area contributed by atoms with Crippen LogP contribution in [0, 0.1) is 0 Å². The molecule has 0 aromatic carbocycles. The van der Waals surface area contributed by atoms with Crippen molar-refractivity contribution < 1.29 is 9.53 Å². The number of likely N-dealkylation sites (tertiary alicyclic amines) is 1. The first-order valence-electron chi connectivity index (χ1n) is 6.60. The van der Waals surface area contributed by atoms with Gasteiger partial charge in [0.1, 0.15) is 5.60 Å². The summed E-state index contributed by atoms with van der Waals surface area (Å²) in [5.74, 6) is 0. The van der Waals surface area contributed by atoms with Crippen molar-refractivity contribution in [3.05, 3.63) is 0 Å². The minimum atomic E-state index is -0.427. The van der Waals surface area contributed by atoms with Crippen molar-refractivity contribution in [2.75, 3.05) is 6.54 Å². The second-order valence-electron chi connectivity index (χ2n) is 6.36. The van der Waals surface area contributed by atoms with Gasteiger partial charge in [-0.1, -0.05) is 0 Å². The molecular formula is C13H24N2O2. The second-order valence-corrected chi connectivity index (χ2v) is 6.36. The molecule has 0 aromatic heterocycles. The molecule has 1 spiro atoms. The van der Waals surface area contributed by atoms with E-state index in [1.165, 1.54) is 6.42 Å². The Morgan fingerprint density at radius 2 is 2.06 bits per heavy atom. The van der Waals surface area contributed by atoms with Crippen molar-refractivity contribution in [3.63, 3.8) is 0 Å². The zero-order valence-corrected chi connectivity index (χ0v) is 11.2. The minimum Gasteiger partial charge on any atom is -0.444 e. The molecule has 98 valence electrons. The van der Waals surface area contributed by atoms with E-state index in [0.717, 1.165) is 25.7 Å². The highest BCUT2D eigenvalue weighted by Gasteiger charge is 2.52. The maximum Gasteiger partial charge on any atom is 0.411 e. The third-order valence-electron chi connectivity index (χ3n) is 3.97. The Hall–Kier alpha value is -0.770. The molecule has 17 heavy (non-hydrogen) atoms. The van der Waals surface area contributed by atoms with E-state index in [1.54, 1.807) is 0 Å². The molecule has 4 heteroatoms. The fourth-order valence-corrected chi connectivity index (χ4v) is 3.03. The number of nitrogens with zero attached hydrogens (tertiary/aromatic N) is 1. The van der Waals surface area contributed by atoms with Crippen LogP contribution in [0.5, 0.6) is 0 Å². The average molecular weight is 240 g/mol. The van der Waals surface area contributed by atoms with Crippen molar-refractivity contribution in [1.82, 2.24) is 4.90 Å². The Labute approximate surface area is 103 Å². The highest BCUT2D eigenvalue weighted by molar-refractivity contribution is 5.70. The van der Waals surface area contributed by atoms with Gasteiger partial charge in [-0.3, -0.25) is 4.90 Å². The van der Waals surface area contributed by atoms with Crippen LogP contribution in [-0.2, 0) is 4.74 Å². The molecule has 1 aliphatic heterocycles. The van der Waals surface area contributed by atoms with Crippen LogP contribution in [0.2, 0.25) is 0 Å². The van der Waals surface area contributed by atoms with E-state index in [-0.39, 0.29) is 17.7 Å². The van der Waals surface area contributed by atoms with Gasteiger partial charge in [0.25, 0.3) is 0 Å². The maximum atomic E-state index is 12.3. The molecule has 0 aromatic rings. The number of carbonyl (C=O) groups excluding carboxylic acids is 1. The highest BCUT2D eigenvalue weighted by atomic mass is 16.6. The van der Waals surface area contributed by atoms with Gasteiger partial charge in [0.15, 0.2) is 0 Å². The lowest BCUT2D eigenvalue weighted by Gasteiger charge is -2.47. The molecule has 0 bridgehead atoms. The normalized spacial score (nSPS) is 27.1. The van der Waals surface area contributed by atoms with Crippen LogP contribution < -0.4 is 5.73 Å². The Morgan fingerprint density at radius 1 is 1.41 bits per heavy atom. The number of ether oxygens (including phenoxy) is 1. The molecule has 1 saturated carbocycles. The van der Waals surface area contributed by atoms with Crippen LogP contribution >= 0.6 is 0 Å². The maximum absolute atomic E-state index is 12.3. The highest BCUT2D eigenvalue weighted by Crippen LogP contribution is 2.48. The van der Waals surface area contributed by atoms with Crippen molar-refractivity contribution in [2.45, 2.75) is 70.1 Å². The molecule has 1 atom stereocenters. The predicted octanol–water partition coefficient (Wildman–Crippen LogP) is 2.27. The van der Waals surface area contributed by atoms with Gasteiger partial charge in [-0.15, -0.1) is 0 Å². The molecule has 2 rings (SSSR count). The second kappa shape index (κ2) is 4.16. The number of nitrogens with two attached hydrogens (primary N) is 1. The van der Waals surface area contributed by atoms with Crippen LogP contribution in [-0.4, -0.2) is 34.7 Å². The number of hydrogen-bond donors (Lipinski definition) is 1. The van der Waals surface area contributed by atoms with Gasteiger partial charge >= 0.3 is 6.09 Å². The predicted molar refractivity (Wildman–Crippen MR) is 66.7 cm³/mol. The van der Waals surface area contributed by atoms with E-state index in [0.29, 0.717) is 6.54 Å². The van der Waals surface area contributed by atoms with Crippen molar-refractivity contribution >= 4 is 6.09 Å². The van der Waals surface area contributed by atoms with Gasteiger partial charge in [0, 0.05) is 18.1 Å². The summed E-state index contributed by atoms with van der Waals surface area (Å²) in [5, 5.41) is 0. The molecule has 4 nitrogen and oxygen atoms in total. The van der Waals surface area contributed by atoms with E-state index in [2.05, 4.69) is 0 Å². The van der Waals surface area contributed by atoms with Crippen LogP contribution in [0.15, 0.2) is 0 Å². The van der Waals surface area contributed by atoms with Crippen molar-refractivity contribution in [1.29, 1.82) is 0 Å². The summed E-state index contributed by atoms with van der Waals surface area (Å²) >= 11 is 0. The number of amides is 1. The number of carbonyl (C=O) groups is 1. The molecule has 2 N–H and O–H groups in total. The average Bonchev–Trinajstić information content (AvgIpc) is 2.52. The van der Waals surface area contributed by atoms with Gasteiger partial charge in [-0.2, -0.15) is 0 Å². The Bertz CT molecular complexity index is 305. The first kappa shape index (κ1) is 12.7. The zero-order valence-electron chi connectivity index (χ0n) is 11.2. The summed E-state index contributed by atoms with van der Waals surface area (Å²) in [6.07, 6.45) is 5.39. The van der Waals surface area contributed by atoms with Gasteiger partial charge in [0.05, 0.1) is 0 Å². The first-order chi connectivity index (χ1) is 7.88. The molecule has 1 amide bonds. The topological polar surface area (TPSA) is 55.6 Å². The summed E-state index contributed by atoms with van der Waals surface area (Å²) in [5.41, 5.74) is 5.43. The van der Waals surface area contributed by atoms with Crippen LogP contribution in [0.4, 0.5) is 4.79 Å². The molecule has 1 heterocycles. The van der Waals surface area contributed by atoms with Gasteiger partial charge < -0.3 is 10.5 Å². The summed E-state index contributed by atoms with van der Waals surface area (Å²) in [7, 11) is 0. The fraction of sp³-hybridized carbons (Fsp3) is 0.923. The van der Waals surface area contributed by atoms with Crippen LogP contribution in [0.3, 0.4) is 0 Å². The molecule has 1 unspecified atom stereocenters. The van der Waals surface area contributed by atoms with E-state index < -0.39 is 5.60 Å². The third kappa shape index (κ3) is 2.28. The third-order valence-corrected chi connectivity index (χ3v) is 3.97. The SMILES string of the molecule is CC(C)(C)OC(=O)N1C(CN)CCC12CCC2. The van der Waals surface area contributed by atoms with E-state index >= 15 is 0 Å². The standard InChI is InChI=1S/C13H24N2O2/c1-12(2,3)17-11(16)15-10(9-14)5-8-13(15)6-4-7-13/h10H,4-9,14H2,1-3H3. The number of rotatable bonds is 1. The largest absolute Gasteiger partial charge is 0.444 e. The lowest BCUT2D eigenvalue weighted by molar-refractivity contribution is -0.0205. The Balaban J connectivity index is 2.12. The van der Waals surface area contributed by atoms with Gasteiger partial charge in [-0.05, 0) is 52.9 Å². The molecular weight excluding hydrogens is 216 g/mol. The van der Waals surface area contributed by atoms with Crippen LogP contribution in [0.25, 0.3) is 0 Å². The van der Waals surface area contributed by atoms with Crippen molar-refractivity contribution in [2.24, 2.45) is 5.73 Å². The van der Waals surface area contributed by atoms with Gasteiger partial charge in [0.2, 0.25) is 0 Å².